The van der Waals surface area contributed by atoms with Crippen molar-refractivity contribution in [2.45, 2.75) is 13.5 Å². The molecule has 0 aromatic carbocycles. The summed E-state index contributed by atoms with van der Waals surface area (Å²) in [5, 5.41) is 11.6. The summed E-state index contributed by atoms with van der Waals surface area (Å²) >= 11 is 0. The Hall–Kier alpha value is -2.57. The highest BCUT2D eigenvalue weighted by molar-refractivity contribution is 5.50. The summed E-state index contributed by atoms with van der Waals surface area (Å²) in [5.74, 6) is 1.23. The number of anilines is 2. The number of rotatable bonds is 3. The van der Waals surface area contributed by atoms with E-state index in [-0.39, 0.29) is 0 Å². The van der Waals surface area contributed by atoms with Crippen molar-refractivity contribution in [2.75, 3.05) is 11.1 Å². The zero-order valence-corrected chi connectivity index (χ0v) is 10.8. The highest BCUT2D eigenvalue weighted by atomic mass is 15.3. The average Bonchev–Trinajstić information content (AvgIpc) is 2.94. The Labute approximate surface area is 110 Å². The van der Waals surface area contributed by atoms with Crippen molar-refractivity contribution < 1.29 is 0 Å². The van der Waals surface area contributed by atoms with E-state index in [1.54, 1.807) is 15.4 Å². The van der Waals surface area contributed by atoms with Gasteiger partial charge in [0.25, 0.3) is 0 Å². The van der Waals surface area contributed by atoms with Gasteiger partial charge in [-0.05, 0) is 18.6 Å². The lowest BCUT2D eigenvalue weighted by Crippen LogP contribution is -2.05. The van der Waals surface area contributed by atoms with E-state index in [9.17, 15) is 0 Å². The Morgan fingerprint density at radius 3 is 2.95 bits per heavy atom. The van der Waals surface area contributed by atoms with Crippen LogP contribution in [0.4, 0.5) is 11.8 Å². The number of aromatic nitrogens is 5. The molecule has 98 valence electrons. The van der Waals surface area contributed by atoms with Crippen molar-refractivity contribution in [3.05, 3.63) is 35.7 Å². The molecule has 19 heavy (non-hydrogen) atoms. The van der Waals surface area contributed by atoms with Crippen LogP contribution in [0, 0.1) is 6.92 Å². The van der Waals surface area contributed by atoms with Crippen LogP contribution in [-0.2, 0) is 13.6 Å². The fourth-order valence-electron chi connectivity index (χ4n) is 1.92. The molecule has 3 heterocycles. The number of hydrogen-bond donors (Lipinski definition) is 2. The molecule has 0 fully saturated rings. The minimum atomic E-state index is 0.551. The number of nitrogens with one attached hydrogen (secondary N) is 1. The summed E-state index contributed by atoms with van der Waals surface area (Å²) in [5.41, 5.74) is 8.75. The van der Waals surface area contributed by atoms with Gasteiger partial charge in [-0.15, -0.1) is 5.10 Å². The first-order chi connectivity index (χ1) is 9.15. The maximum absolute atomic E-state index is 5.88. The SMILES string of the molecule is Cc1cccn2nc(NCc3cnn(C)c3N)nc12. The van der Waals surface area contributed by atoms with E-state index in [1.807, 2.05) is 32.3 Å². The third kappa shape index (κ3) is 1.99. The van der Waals surface area contributed by atoms with E-state index in [4.69, 9.17) is 5.73 Å². The fraction of sp³-hybridized carbons (Fsp3) is 0.250. The minimum absolute atomic E-state index is 0.551. The first kappa shape index (κ1) is 11.5. The van der Waals surface area contributed by atoms with Crippen molar-refractivity contribution in [3.63, 3.8) is 0 Å². The molecular weight excluding hydrogens is 242 g/mol. The molecule has 3 rings (SSSR count). The van der Waals surface area contributed by atoms with Crippen molar-refractivity contribution in [3.8, 4) is 0 Å². The largest absolute Gasteiger partial charge is 0.384 e. The van der Waals surface area contributed by atoms with Crippen LogP contribution in [0.25, 0.3) is 5.65 Å². The van der Waals surface area contributed by atoms with Crippen LogP contribution in [0.2, 0.25) is 0 Å². The van der Waals surface area contributed by atoms with E-state index in [1.165, 1.54) is 0 Å². The summed E-state index contributed by atoms with van der Waals surface area (Å²) in [7, 11) is 1.81. The Bertz CT molecular complexity index is 725. The Morgan fingerprint density at radius 1 is 1.42 bits per heavy atom. The van der Waals surface area contributed by atoms with Crippen LogP contribution < -0.4 is 11.1 Å². The smallest absolute Gasteiger partial charge is 0.243 e. The molecule has 0 unspecified atom stereocenters. The van der Waals surface area contributed by atoms with Crippen LogP contribution in [0.3, 0.4) is 0 Å². The summed E-state index contributed by atoms with van der Waals surface area (Å²) < 4.78 is 3.39. The topological polar surface area (TPSA) is 86.1 Å². The van der Waals surface area contributed by atoms with Gasteiger partial charge in [0.05, 0.1) is 6.20 Å². The van der Waals surface area contributed by atoms with Crippen LogP contribution in [0.1, 0.15) is 11.1 Å². The summed E-state index contributed by atoms with van der Waals surface area (Å²) in [6.45, 7) is 2.56. The zero-order chi connectivity index (χ0) is 13.4. The molecule has 0 spiro atoms. The van der Waals surface area contributed by atoms with Gasteiger partial charge in [0.15, 0.2) is 5.65 Å². The van der Waals surface area contributed by atoms with Gasteiger partial charge in [-0.2, -0.15) is 10.1 Å². The summed E-state index contributed by atoms with van der Waals surface area (Å²) in [4.78, 5) is 4.44. The van der Waals surface area contributed by atoms with Gasteiger partial charge in [0.1, 0.15) is 5.82 Å². The molecule has 7 heteroatoms. The van der Waals surface area contributed by atoms with Crippen molar-refractivity contribution in [1.82, 2.24) is 24.4 Å². The predicted molar refractivity (Wildman–Crippen MR) is 72.7 cm³/mol. The molecule has 0 saturated heterocycles. The van der Waals surface area contributed by atoms with E-state index in [0.717, 1.165) is 16.8 Å². The van der Waals surface area contributed by atoms with Gasteiger partial charge in [-0.25, -0.2) is 4.52 Å². The fourth-order valence-corrected chi connectivity index (χ4v) is 1.92. The highest BCUT2D eigenvalue weighted by Gasteiger charge is 2.07. The molecule has 0 atom stereocenters. The molecule has 3 aromatic heterocycles. The van der Waals surface area contributed by atoms with Crippen LogP contribution >= 0.6 is 0 Å². The highest BCUT2D eigenvalue weighted by Crippen LogP contribution is 2.13. The van der Waals surface area contributed by atoms with Gasteiger partial charge in [0, 0.05) is 25.4 Å². The van der Waals surface area contributed by atoms with Crippen LogP contribution in [0.5, 0.6) is 0 Å². The first-order valence-corrected chi connectivity index (χ1v) is 5.97. The molecule has 7 nitrogen and oxygen atoms in total. The summed E-state index contributed by atoms with van der Waals surface area (Å²) in [6.07, 6.45) is 3.61. The molecule has 3 aromatic rings. The number of nitrogen functional groups attached to an aromatic ring is 1. The van der Waals surface area contributed by atoms with E-state index >= 15 is 0 Å². The molecule has 0 aliphatic heterocycles. The lowest BCUT2D eigenvalue weighted by Gasteiger charge is -2.00. The predicted octanol–water partition coefficient (Wildman–Crippen LogP) is 0.966. The molecule has 0 aliphatic rings. The molecule has 0 radical (unpaired) electrons. The van der Waals surface area contributed by atoms with Gasteiger partial charge >= 0.3 is 0 Å². The van der Waals surface area contributed by atoms with Gasteiger partial charge in [0.2, 0.25) is 5.95 Å². The maximum Gasteiger partial charge on any atom is 0.243 e. The Morgan fingerprint density at radius 2 is 2.26 bits per heavy atom. The number of hydrogen-bond acceptors (Lipinski definition) is 5. The van der Waals surface area contributed by atoms with E-state index in [2.05, 4.69) is 20.5 Å². The first-order valence-electron chi connectivity index (χ1n) is 5.97. The number of nitrogens with two attached hydrogens (primary N) is 1. The Balaban J connectivity index is 1.82. The number of aryl methyl sites for hydroxylation is 2. The molecule has 0 amide bonds. The van der Waals surface area contributed by atoms with Crippen molar-refractivity contribution in [2.24, 2.45) is 7.05 Å². The number of fused-ring (bicyclic) bond motifs is 1. The Kier molecular flexibility index (Phi) is 2.59. The number of nitrogens with zero attached hydrogens (tertiary/aromatic N) is 5. The van der Waals surface area contributed by atoms with Gasteiger partial charge in [-0.3, -0.25) is 4.68 Å². The average molecular weight is 257 g/mol. The molecule has 0 bridgehead atoms. The monoisotopic (exact) mass is 257 g/mol. The second-order valence-corrected chi connectivity index (χ2v) is 4.43. The third-order valence-electron chi connectivity index (χ3n) is 3.06. The summed E-state index contributed by atoms with van der Waals surface area (Å²) in [6, 6.07) is 3.95. The molecular formula is C12H15N7. The van der Waals surface area contributed by atoms with Crippen LogP contribution in [0.15, 0.2) is 24.5 Å². The second-order valence-electron chi connectivity index (χ2n) is 4.43. The lowest BCUT2D eigenvalue weighted by molar-refractivity contribution is 0.778. The second kappa shape index (κ2) is 4.27. The molecule has 0 aliphatic carbocycles. The molecule has 3 N–H and O–H groups in total. The van der Waals surface area contributed by atoms with Crippen LogP contribution in [-0.4, -0.2) is 24.4 Å². The standard InChI is InChI=1S/C12H15N7/c1-8-4-3-5-19-11(8)16-12(17-19)14-6-9-7-15-18(2)10(9)13/h3-5,7H,6,13H2,1-2H3,(H,14,17). The van der Waals surface area contributed by atoms with Crippen molar-refractivity contribution in [1.29, 1.82) is 0 Å². The maximum atomic E-state index is 5.88. The quantitative estimate of drug-likeness (QED) is 0.730. The van der Waals surface area contributed by atoms with E-state index in [0.29, 0.717) is 18.3 Å². The van der Waals surface area contributed by atoms with Gasteiger partial charge < -0.3 is 11.1 Å². The normalized spacial score (nSPS) is 11.1. The minimum Gasteiger partial charge on any atom is -0.384 e. The van der Waals surface area contributed by atoms with Gasteiger partial charge in [-0.1, -0.05) is 6.07 Å². The lowest BCUT2D eigenvalue weighted by atomic mass is 10.3. The van der Waals surface area contributed by atoms with Crippen molar-refractivity contribution >= 4 is 17.4 Å². The van der Waals surface area contributed by atoms with E-state index < -0.39 is 0 Å². The third-order valence-corrected chi connectivity index (χ3v) is 3.06. The number of pyridine rings is 1. The molecule has 0 saturated carbocycles. The zero-order valence-electron chi connectivity index (χ0n) is 10.8.